The van der Waals surface area contributed by atoms with Crippen molar-refractivity contribution in [1.82, 2.24) is 10.6 Å². The van der Waals surface area contributed by atoms with Gasteiger partial charge in [-0.1, -0.05) is 6.92 Å². The first-order chi connectivity index (χ1) is 11.3. The molecule has 0 bridgehead atoms. The van der Waals surface area contributed by atoms with Crippen molar-refractivity contribution in [2.24, 2.45) is 0 Å². The maximum absolute atomic E-state index is 12.6. The minimum atomic E-state index is -4.66. The van der Waals surface area contributed by atoms with Crippen molar-refractivity contribution in [2.75, 3.05) is 31.5 Å². The first kappa shape index (κ1) is 22.9. The van der Waals surface area contributed by atoms with Gasteiger partial charge in [-0.2, -0.15) is 13.2 Å². The highest BCUT2D eigenvalue weighted by Crippen LogP contribution is 2.34. The van der Waals surface area contributed by atoms with Gasteiger partial charge in [0.25, 0.3) is 5.69 Å². The van der Waals surface area contributed by atoms with Gasteiger partial charge >= 0.3 is 6.18 Å². The Morgan fingerprint density at radius 2 is 1.92 bits per heavy atom. The van der Waals surface area contributed by atoms with Crippen LogP contribution < -0.4 is 16.0 Å². The lowest BCUT2D eigenvalue weighted by atomic mass is 10.1. The third-order valence-electron chi connectivity index (χ3n) is 3.06. The standard InChI is InChI=1S/C14H19F3N4O3.ClH/c1-2-18-7-8-20-13(22)5-6-19-11-4-3-10(14(15,16)17)9-12(11)21(23)24;/h3-4,9,18-19H,2,5-8H2,1H3,(H,20,22);1H. The largest absolute Gasteiger partial charge is 0.416 e. The van der Waals surface area contributed by atoms with E-state index in [1.807, 2.05) is 6.92 Å². The summed E-state index contributed by atoms with van der Waals surface area (Å²) in [6.45, 7) is 3.87. The van der Waals surface area contributed by atoms with Gasteiger partial charge in [0.15, 0.2) is 0 Å². The molecule has 25 heavy (non-hydrogen) atoms. The van der Waals surface area contributed by atoms with Crippen molar-refractivity contribution in [3.05, 3.63) is 33.9 Å². The second-order valence-electron chi connectivity index (χ2n) is 4.87. The third-order valence-corrected chi connectivity index (χ3v) is 3.06. The van der Waals surface area contributed by atoms with Crippen LogP contribution in [0.15, 0.2) is 18.2 Å². The van der Waals surface area contributed by atoms with Gasteiger partial charge in [-0.15, -0.1) is 12.4 Å². The predicted molar refractivity (Wildman–Crippen MR) is 90.0 cm³/mol. The van der Waals surface area contributed by atoms with E-state index in [1.54, 1.807) is 0 Å². The van der Waals surface area contributed by atoms with Crippen LogP contribution in [-0.2, 0) is 11.0 Å². The van der Waals surface area contributed by atoms with Crippen LogP contribution in [0.3, 0.4) is 0 Å². The fourth-order valence-electron chi connectivity index (χ4n) is 1.87. The van der Waals surface area contributed by atoms with E-state index in [4.69, 9.17) is 0 Å². The summed E-state index contributed by atoms with van der Waals surface area (Å²) in [4.78, 5) is 21.6. The van der Waals surface area contributed by atoms with Gasteiger partial charge < -0.3 is 16.0 Å². The first-order valence-corrected chi connectivity index (χ1v) is 7.32. The Morgan fingerprint density at radius 1 is 1.24 bits per heavy atom. The highest BCUT2D eigenvalue weighted by atomic mass is 35.5. The molecule has 0 radical (unpaired) electrons. The number of carbonyl (C=O) groups excluding carboxylic acids is 1. The van der Waals surface area contributed by atoms with E-state index in [9.17, 15) is 28.1 Å². The number of nitro groups is 1. The van der Waals surface area contributed by atoms with Crippen LogP contribution in [0.4, 0.5) is 24.5 Å². The summed E-state index contributed by atoms with van der Waals surface area (Å²) in [6, 6.07) is 2.22. The molecule has 0 aliphatic heterocycles. The summed E-state index contributed by atoms with van der Waals surface area (Å²) < 4.78 is 37.8. The van der Waals surface area contributed by atoms with Gasteiger partial charge in [0.05, 0.1) is 10.5 Å². The molecule has 1 rings (SSSR count). The van der Waals surface area contributed by atoms with Crippen LogP contribution in [0.25, 0.3) is 0 Å². The molecule has 0 atom stereocenters. The fourth-order valence-corrected chi connectivity index (χ4v) is 1.87. The average molecular weight is 385 g/mol. The Balaban J connectivity index is 0.00000576. The lowest BCUT2D eigenvalue weighted by molar-refractivity contribution is -0.384. The lowest BCUT2D eigenvalue weighted by Gasteiger charge is -2.11. The molecule has 0 aliphatic carbocycles. The number of nitrogens with zero attached hydrogens (tertiary/aromatic N) is 1. The molecule has 1 aromatic carbocycles. The zero-order valence-electron chi connectivity index (χ0n) is 13.5. The van der Waals surface area contributed by atoms with E-state index in [1.165, 1.54) is 0 Å². The van der Waals surface area contributed by atoms with Crippen molar-refractivity contribution in [3.8, 4) is 0 Å². The van der Waals surface area contributed by atoms with Crippen molar-refractivity contribution >= 4 is 29.7 Å². The van der Waals surface area contributed by atoms with Gasteiger partial charge in [-0.3, -0.25) is 14.9 Å². The number of amides is 1. The van der Waals surface area contributed by atoms with Crippen molar-refractivity contribution in [3.63, 3.8) is 0 Å². The average Bonchev–Trinajstić information content (AvgIpc) is 2.50. The number of likely N-dealkylation sites (N-methyl/N-ethyl adjacent to an activating group) is 1. The Kier molecular flexibility index (Phi) is 9.84. The number of rotatable bonds is 9. The molecule has 1 aromatic rings. The summed E-state index contributed by atoms with van der Waals surface area (Å²) in [5.41, 5.74) is -1.84. The molecule has 0 saturated carbocycles. The predicted octanol–water partition coefficient (Wildman–Crippen LogP) is 2.56. The molecular weight excluding hydrogens is 365 g/mol. The molecule has 0 spiro atoms. The molecule has 142 valence electrons. The Labute approximate surface area is 148 Å². The van der Waals surface area contributed by atoms with Crippen LogP contribution in [0.1, 0.15) is 18.9 Å². The molecule has 0 aromatic heterocycles. The van der Waals surface area contributed by atoms with E-state index < -0.39 is 22.4 Å². The molecule has 3 N–H and O–H groups in total. The topological polar surface area (TPSA) is 96.3 Å². The van der Waals surface area contributed by atoms with E-state index in [0.29, 0.717) is 19.2 Å². The monoisotopic (exact) mass is 384 g/mol. The highest BCUT2D eigenvalue weighted by molar-refractivity contribution is 5.85. The maximum atomic E-state index is 12.6. The Morgan fingerprint density at radius 3 is 2.48 bits per heavy atom. The third kappa shape index (κ3) is 8.03. The van der Waals surface area contributed by atoms with E-state index in [0.717, 1.165) is 18.7 Å². The second kappa shape index (κ2) is 10.7. The smallest absolute Gasteiger partial charge is 0.379 e. The lowest BCUT2D eigenvalue weighted by Crippen LogP contribution is -2.32. The zero-order valence-corrected chi connectivity index (χ0v) is 14.3. The normalized spacial score (nSPS) is 10.7. The summed E-state index contributed by atoms with van der Waals surface area (Å²) in [5.74, 6) is -0.255. The van der Waals surface area contributed by atoms with Crippen molar-refractivity contribution in [1.29, 1.82) is 0 Å². The van der Waals surface area contributed by atoms with E-state index >= 15 is 0 Å². The maximum Gasteiger partial charge on any atom is 0.416 e. The summed E-state index contributed by atoms with van der Waals surface area (Å²) in [5, 5.41) is 19.2. The van der Waals surface area contributed by atoms with Crippen LogP contribution in [0.2, 0.25) is 0 Å². The van der Waals surface area contributed by atoms with Crippen molar-refractivity contribution < 1.29 is 22.9 Å². The van der Waals surface area contributed by atoms with E-state index in [-0.39, 0.29) is 37.0 Å². The minimum absolute atomic E-state index is 0. The molecule has 1 amide bonds. The van der Waals surface area contributed by atoms with Crippen molar-refractivity contribution in [2.45, 2.75) is 19.5 Å². The fraction of sp³-hybridized carbons (Fsp3) is 0.500. The summed E-state index contributed by atoms with van der Waals surface area (Å²) in [6.07, 6.45) is -4.61. The molecule has 7 nitrogen and oxygen atoms in total. The number of hydrogen-bond acceptors (Lipinski definition) is 5. The molecule has 0 unspecified atom stereocenters. The number of nitro benzene ring substituents is 1. The zero-order chi connectivity index (χ0) is 18.2. The highest BCUT2D eigenvalue weighted by Gasteiger charge is 2.32. The number of halogens is 4. The van der Waals surface area contributed by atoms with Gasteiger partial charge in [0.1, 0.15) is 5.69 Å². The van der Waals surface area contributed by atoms with E-state index in [2.05, 4.69) is 16.0 Å². The van der Waals surface area contributed by atoms with Crippen LogP contribution in [0, 0.1) is 10.1 Å². The minimum Gasteiger partial charge on any atom is -0.379 e. The van der Waals surface area contributed by atoms with Crippen LogP contribution in [0.5, 0.6) is 0 Å². The Bertz CT molecular complexity index is 585. The van der Waals surface area contributed by atoms with Crippen LogP contribution in [-0.4, -0.2) is 37.0 Å². The number of hydrogen-bond donors (Lipinski definition) is 3. The molecule has 11 heteroatoms. The summed E-state index contributed by atoms with van der Waals surface area (Å²) in [7, 11) is 0. The molecular formula is C14H20ClF3N4O3. The van der Waals surface area contributed by atoms with Gasteiger partial charge in [-0.25, -0.2) is 0 Å². The molecule has 0 saturated heterocycles. The SMILES string of the molecule is CCNCCNC(=O)CCNc1ccc(C(F)(F)F)cc1[N+](=O)[O-].Cl. The Hall–Kier alpha value is -2.07. The van der Waals surface area contributed by atoms with Crippen LogP contribution >= 0.6 is 12.4 Å². The molecule has 0 aliphatic rings. The second-order valence-corrected chi connectivity index (χ2v) is 4.87. The number of nitrogens with one attached hydrogen (secondary N) is 3. The van der Waals surface area contributed by atoms with Gasteiger partial charge in [0.2, 0.25) is 5.91 Å². The number of carbonyl (C=O) groups is 1. The number of alkyl halides is 3. The first-order valence-electron chi connectivity index (χ1n) is 7.32. The van der Waals surface area contributed by atoms with Gasteiger partial charge in [0, 0.05) is 32.1 Å². The summed E-state index contributed by atoms with van der Waals surface area (Å²) >= 11 is 0. The number of benzene rings is 1. The molecule has 0 heterocycles. The quantitative estimate of drug-likeness (QED) is 0.345. The van der Waals surface area contributed by atoms with Gasteiger partial charge in [-0.05, 0) is 18.7 Å². The number of anilines is 1. The molecule has 0 fully saturated rings.